The van der Waals surface area contributed by atoms with Gasteiger partial charge in [-0.05, 0) is 42.5 Å². The van der Waals surface area contributed by atoms with E-state index >= 15 is 0 Å². The Balaban J connectivity index is 2.57. The smallest absolute Gasteiger partial charge is 0.188 e. The standard InChI is InChI=1S/C22H32NO2P/c1-15-9-10-19(18(12-15)23(6)7)26-20-13-16(2)11-17(22(3,4)5)21(20)25-14-24-8/h9-13,26H,14H2,1-8H3. The Labute approximate surface area is 160 Å². The van der Waals surface area contributed by atoms with Crippen molar-refractivity contribution in [3.63, 3.8) is 0 Å². The number of benzene rings is 2. The zero-order chi connectivity index (χ0) is 19.5. The van der Waals surface area contributed by atoms with E-state index in [1.165, 1.54) is 33.0 Å². The number of anilines is 1. The first-order valence-electron chi connectivity index (χ1n) is 8.95. The molecule has 3 nitrogen and oxygen atoms in total. The minimum Gasteiger partial charge on any atom is -0.467 e. The van der Waals surface area contributed by atoms with E-state index in [-0.39, 0.29) is 12.2 Å². The van der Waals surface area contributed by atoms with Crippen LogP contribution in [0.3, 0.4) is 0 Å². The first kappa shape index (κ1) is 20.7. The van der Waals surface area contributed by atoms with Gasteiger partial charge in [-0.1, -0.05) is 47.6 Å². The van der Waals surface area contributed by atoms with Crippen LogP contribution in [-0.4, -0.2) is 28.0 Å². The zero-order valence-electron chi connectivity index (χ0n) is 17.4. The van der Waals surface area contributed by atoms with Crippen molar-refractivity contribution in [2.24, 2.45) is 0 Å². The summed E-state index contributed by atoms with van der Waals surface area (Å²) >= 11 is 0. The molecule has 142 valence electrons. The highest BCUT2D eigenvalue weighted by Gasteiger charge is 2.23. The third-order valence-electron chi connectivity index (χ3n) is 4.27. The number of hydrogen-bond acceptors (Lipinski definition) is 3. The molecule has 2 rings (SSSR count). The minimum absolute atomic E-state index is 0.00593. The maximum atomic E-state index is 6.07. The molecule has 0 fully saturated rings. The second kappa shape index (κ2) is 8.41. The normalized spacial score (nSPS) is 12.0. The fraction of sp³-hybridized carbons (Fsp3) is 0.455. The molecule has 0 radical (unpaired) electrons. The topological polar surface area (TPSA) is 21.7 Å². The van der Waals surface area contributed by atoms with E-state index < -0.39 is 0 Å². The van der Waals surface area contributed by atoms with Gasteiger partial charge in [-0.3, -0.25) is 0 Å². The molecule has 2 aromatic rings. The molecule has 4 heteroatoms. The molecule has 0 spiro atoms. The van der Waals surface area contributed by atoms with Crippen molar-refractivity contribution < 1.29 is 9.47 Å². The molecule has 0 bridgehead atoms. The molecule has 1 unspecified atom stereocenters. The van der Waals surface area contributed by atoms with Crippen molar-refractivity contribution in [1.29, 1.82) is 0 Å². The zero-order valence-corrected chi connectivity index (χ0v) is 18.4. The molecule has 0 aliphatic carbocycles. The third kappa shape index (κ3) is 4.99. The number of aryl methyl sites for hydroxylation is 2. The lowest BCUT2D eigenvalue weighted by Gasteiger charge is -2.26. The Morgan fingerprint density at radius 3 is 2.23 bits per heavy atom. The van der Waals surface area contributed by atoms with E-state index in [0.29, 0.717) is 8.58 Å². The lowest BCUT2D eigenvalue weighted by Crippen LogP contribution is -2.22. The van der Waals surface area contributed by atoms with E-state index in [2.05, 4.69) is 83.9 Å². The van der Waals surface area contributed by atoms with Crippen LogP contribution in [0.4, 0.5) is 5.69 Å². The Morgan fingerprint density at radius 1 is 0.962 bits per heavy atom. The number of ether oxygens (including phenoxy) is 2. The van der Waals surface area contributed by atoms with Gasteiger partial charge in [0.15, 0.2) is 6.79 Å². The van der Waals surface area contributed by atoms with E-state index in [0.717, 1.165) is 5.75 Å². The average Bonchev–Trinajstić information content (AvgIpc) is 2.54. The number of nitrogens with zero attached hydrogens (tertiary/aromatic N) is 1. The molecule has 1 atom stereocenters. The number of rotatable bonds is 6. The van der Waals surface area contributed by atoms with Crippen molar-refractivity contribution in [3.05, 3.63) is 47.0 Å². The van der Waals surface area contributed by atoms with Gasteiger partial charge in [0.25, 0.3) is 0 Å². The molecule has 0 saturated heterocycles. The van der Waals surface area contributed by atoms with Crippen LogP contribution in [0, 0.1) is 13.8 Å². The van der Waals surface area contributed by atoms with Gasteiger partial charge >= 0.3 is 0 Å². The van der Waals surface area contributed by atoms with Crippen LogP contribution in [0.1, 0.15) is 37.5 Å². The van der Waals surface area contributed by atoms with Crippen molar-refractivity contribution in [1.82, 2.24) is 0 Å². The molecule has 0 saturated carbocycles. The number of methoxy groups -OCH3 is 1. The highest BCUT2D eigenvalue weighted by atomic mass is 31.1. The van der Waals surface area contributed by atoms with Crippen LogP contribution in [0.5, 0.6) is 5.75 Å². The molecule has 0 heterocycles. The summed E-state index contributed by atoms with van der Waals surface area (Å²) in [6.07, 6.45) is 0. The second-order valence-corrected chi connectivity index (χ2v) is 9.36. The van der Waals surface area contributed by atoms with Crippen LogP contribution in [0.2, 0.25) is 0 Å². The highest BCUT2D eigenvalue weighted by Crippen LogP contribution is 2.35. The third-order valence-corrected chi connectivity index (χ3v) is 5.60. The van der Waals surface area contributed by atoms with Crippen LogP contribution in [-0.2, 0) is 10.2 Å². The van der Waals surface area contributed by atoms with Gasteiger partial charge in [-0.2, -0.15) is 0 Å². The molecule has 0 amide bonds. The van der Waals surface area contributed by atoms with Crippen LogP contribution < -0.4 is 20.2 Å². The van der Waals surface area contributed by atoms with Crippen molar-refractivity contribution in [3.8, 4) is 5.75 Å². The van der Waals surface area contributed by atoms with Crippen molar-refractivity contribution in [2.45, 2.75) is 40.0 Å². The van der Waals surface area contributed by atoms with E-state index in [1.54, 1.807) is 7.11 Å². The molecule has 0 aliphatic rings. The van der Waals surface area contributed by atoms with Crippen molar-refractivity contribution >= 4 is 24.9 Å². The molecule has 2 aromatic carbocycles. The number of hydrogen-bond donors (Lipinski definition) is 0. The fourth-order valence-corrected chi connectivity index (χ4v) is 4.46. The van der Waals surface area contributed by atoms with Gasteiger partial charge in [0.1, 0.15) is 5.75 Å². The SMILES string of the molecule is COCOc1c(Pc2ccc(C)cc2N(C)C)cc(C)cc1C(C)(C)C. The molecule has 0 N–H and O–H groups in total. The predicted molar refractivity (Wildman–Crippen MR) is 115 cm³/mol. The van der Waals surface area contributed by atoms with Crippen LogP contribution in [0.25, 0.3) is 0 Å². The van der Waals surface area contributed by atoms with Gasteiger partial charge in [0.2, 0.25) is 0 Å². The largest absolute Gasteiger partial charge is 0.467 e. The van der Waals surface area contributed by atoms with Gasteiger partial charge in [-0.15, -0.1) is 0 Å². The summed E-state index contributed by atoms with van der Waals surface area (Å²) in [5, 5.41) is 2.56. The quantitative estimate of drug-likeness (QED) is 0.557. The minimum atomic E-state index is 0.00593. The van der Waals surface area contributed by atoms with Gasteiger partial charge in [0.05, 0.1) is 0 Å². The maximum Gasteiger partial charge on any atom is 0.188 e. The molecule has 0 aliphatic heterocycles. The Morgan fingerprint density at radius 2 is 1.65 bits per heavy atom. The van der Waals surface area contributed by atoms with Gasteiger partial charge in [-0.25, -0.2) is 0 Å². The summed E-state index contributed by atoms with van der Waals surface area (Å²) in [5.74, 6) is 0.966. The fourth-order valence-electron chi connectivity index (χ4n) is 2.96. The predicted octanol–water partition coefficient (Wildman–Crippen LogP) is 4.28. The summed E-state index contributed by atoms with van der Waals surface area (Å²) in [4.78, 5) is 2.19. The lowest BCUT2D eigenvalue weighted by molar-refractivity contribution is 0.0506. The maximum absolute atomic E-state index is 6.07. The lowest BCUT2D eigenvalue weighted by atomic mass is 9.85. The summed E-state index contributed by atoms with van der Waals surface area (Å²) in [6.45, 7) is 11.2. The van der Waals surface area contributed by atoms with Crippen LogP contribution >= 0.6 is 8.58 Å². The first-order chi connectivity index (χ1) is 12.1. The second-order valence-electron chi connectivity index (χ2n) is 8.03. The van der Waals surface area contributed by atoms with E-state index in [1.807, 2.05) is 0 Å². The Hall–Kier alpha value is -1.57. The van der Waals surface area contributed by atoms with E-state index in [9.17, 15) is 0 Å². The molecular formula is C22H32NO2P. The molecule has 0 aromatic heterocycles. The van der Waals surface area contributed by atoms with Gasteiger partial charge in [0, 0.05) is 43.1 Å². The van der Waals surface area contributed by atoms with Crippen molar-refractivity contribution in [2.75, 3.05) is 32.9 Å². The van der Waals surface area contributed by atoms with Gasteiger partial charge < -0.3 is 14.4 Å². The Kier molecular flexibility index (Phi) is 6.71. The summed E-state index contributed by atoms with van der Waals surface area (Å²) in [5.41, 5.74) is 5.04. The monoisotopic (exact) mass is 373 g/mol. The Bertz CT molecular complexity index is 763. The average molecular weight is 373 g/mol. The summed E-state index contributed by atoms with van der Waals surface area (Å²) in [7, 11) is 6.39. The molecular weight excluding hydrogens is 341 g/mol. The molecule has 26 heavy (non-hydrogen) atoms. The van der Waals surface area contributed by atoms with Crippen LogP contribution in [0.15, 0.2) is 30.3 Å². The summed E-state index contributed by atoms with van der Waals surface area (Å²) < 4.78 is 11.3. The van der Waals surface area contributed by atoms with E-state index in [4.69, 9.17) is 9.47 Å². The first-order valence-corrected chi connectivity index (χ1v) is 9.95. The summed E-state index contributed by atoms with van der Waals surface area (Å²) in [6, 6.07) is 11.2. The highest BCUT2D eigenvalue weighted by molar-refractivity contribution is 7.56.